The van der Waals surface area contributed by atoms with Gasteiger partial charge in [-0.2, -0.15) is 0 Å². The first-order chi connectivity index (χ1) is 13.8. The van der Waals surface area contributed by atoms with Crippen LogP contribution < -0.4 is 5.32 Å². The standard InChI is InChI=1S/C20H31N5O4/c1-5-21-20(28)24-11-15-9-16(17(8-13(2)3)25(15)18(26)12-24)19(27)23(4)10-14-6-7-29-22-14/h6-7,13,15-17H,5,8-12H2,1-4H3,(H,21,28)/t15-,16-,17-/m0/s1. The number of urea groups is 1. The van der Waals surface area contributed by atoms with Crippen molar-refractivity contribution < 1.29 is 18.9 Å². The molecule has 1 aromatic rings. The van der Waals surface area contributed by atoms with Crippen LogP contribution >= 0.6 is 0 Å². The van der Waals surface area contributed by atoms with E-state index in [1.807, 2.05) is 11.8 Å². The lowest BCUT2D eigenvalue weighted by Gasteiger charge is -2.40. The maximum Gasteiger partial charge on any atom is 0.317 e. The molecule has 160 valence electrons. The van der Waals surface area contributed by atoms with Crippen molar-refractivity contribution in [2.45, 2.75) is 52.2 Å². The minimum absolute atomic E-state index is 0.00501. The molecule has 0 unspecified atom stereocenters. The van der Waals surface area contributed by atoms with Crippen LogP contribution in [-0.4, -0.2) is 76.5 Å². The third kappa shape index (κ3) is 4.54. The smallest absolute Gasteiger partial charge is 0.317 e. The summed E-state index contributed by atoms with van der Waals surface area (Å²) in [6.45, 7) is 7.46. The van der Waals surface area contributed by atoms with Gasteiger partial charge in [0.15, 0.2) is 0 Å². The Labute approximate surface area is 171 Å². The van der Waals surface area contributed by atoms with Crippen LogP contribution in [0.5, 0.6) is 0 Å². The van der Waals surface area contributed by atoms with E-state index < -0.39 is 0 Å². The van der Waals surface area contributed by atoms with Gasteiger partial charge in [-0.15, -0.1) is 0 Å². The number of aromatic nitrogens is 1. The molecule has 0 bridgehead atoms. The molecule has 2 aliphatic rings. The second-order valence-corrected chi connectivity index (χ2v) is 8.40. The minimum Gasteiger partial charge on any atom is -0.364 e. The van der Waals surface area contributed by atoms with Crippen molar-refractivity contribution in [1.82, 2.24) is 25.2 Å². The van der Waals surface area contributed by atoms with Crippen molar-refractivity contribution in [2.75, 3.05) is 26.7 Å². The van der Waals surface area contributed by atoms with Crippen LogP contribution in [-0.2, 0) is 16.1 Å². The van der Waals surface area contributed by atoms with E-state index in [0.29, 0.717) is 37.7 Å². The highest BCUT2D eigenvalue weighted by atomic mass is 16.5. The number of hydrogen-bond donors (Lipinski definition) is 1. The van der Waals surface area contributed by atoms with Gasteiger partial charge in [-0.05, 0) is 25.7 Å². The summed E-state index contributed by atoms with van der Waals surface area (Å²) in [6, 6.07) is 1.24. The third-order valence-corrected chi connectivity index (χ3v) is 5.70. The van der Waals surface area contributed by atoms with E-state index in [-0.39, 0.29) is 42.4 Å². The summed E-state index contributed by atoms with van der Waals surface area (Å²) in [5.74, 6) is -0.000398. The summed E-state index contributed by atoms with van der Waals surface area (Å²) >= 11 is 0. The number of carbonyl (C=O) groups is 3. The van der Waals surface area contributed by atoms with Gasteiger partial charge < -0.3 is 24.5 Å². The van der Waals surface area contributed by atoms with Gasteiger partial charge in [0, 0.05) is 32.2 Å². The maximum atomic E-state index is 13.3. The summed E-state index contributed by atoms with van der Waals surface area (Å²) in [7, 11) is 1.75. The zero-order chi connectivity index (χ0) is 21.1. The van der Waals surface area contributed by atoms with Gasteiger partial charge in [0.25, 0.3) is 0 Å². The SMILES string of the molecule is CCNC(=O)N1CC(=O)N2[C@@H](C[C@H](C(=O)N(C)Cc3ccon3)[C@@H]2CC(C)C)C1. The molecule has 9 heteroatoms. The van der Waals surface area contributed by atoms with Gasteiger partial charge >= 0.3 is 6.03 Å². The molecule has 2 aliphatic heterocycles. The molecule has 0 saturated carbocycles. The van der Waals surface area contributed by atoms with Crippen LogP contribution in [0.1, 0.15) is 39.3 Å². The number of rotatable bonds is 6. The zero-order valence-electron chi connectivity index (χ0n) is 17.6. The molecule has 0 spiro atoms. The van der Waals surface area contributed by atoms with E-state index in [1.165, 1.54) is 6.26 Å². The number of nitrogens with one attached hydrogen (secondary N) is 1. The number of amides is 4. The van der Waals surface area contributed by atoms with E-state index in [2.05, 4.69) is 24.3 Å². The van der Waals surface area contributed by atoms with Crippen molar-refractivity contribution in [3.8, 4) is 0 Å². The second-order valence-electron chi connectivity index (χ2n) is 8.40. The molecule has 3 atom stereocenters. The monoisotopic (exact) mass is 405 g/mol. The van der Waals surface area contributed by atoms with Crippen LogP contribution in [0.15, 0.2) is 16.9 Å². The molecule has 2 saturated heterocycles. The Bertz CT molecular complexity index is 735. The van der Waals surface area contributed by atoms with Crippen LogP contribution in [0.25, 0.3) is 0 Å². The molecule has 3 heterocycles. The summed E-state index contributed by atoms with van der Waals surface area (Å²) in [5.41, 5.74) is 0.690. The number of hydrogen-bond acceptors (Lipinski definition) is 5. The van der Waals surface area contributed by atoms with Crippen molar-refractivity contribution in [1.29, 1.82) is 0 Å². The highest BCUT2D eigenvalue weighted by Gasteiger charge is 2.50. The Balaban J connectivity index is 1.77. The molecule has 2 fully saturated rings. The average molecular weight is 405 g/mol. The highest BCUT2D eigenvalue weighted by molar-refractivity contribution is 5.88. The Morgan fingerprint density at radius 2 is 2.17 bits per heavy atom. The number of piperazine rings is 1. The van der Waals surface area contributed by atoms with E-state index >= 15 is 0 Å². The first-order valence-corrected chi connectivity index (χ1v) is 10.3. The van der Waals surface area contributed by atoms with E-state index in [1.54, 1.807) is 22.9 Å². The fourth-order valence-electron chi connectivity index (χ4n) is 4.51. The molecule has 1 aromatic heterocycles. The first-order valence-electron chi connectivity index (χ1n) is 10.3. The topological polar surface area (TPSA) is 99.0 Å². The molecule has 9 nitrogen and oxygen atoms in total. The number of carbonyl (C=O) groups excluding carboxylic acids is 3. The minimum atomic E-state index is -0.280. The predicted molar refractivity (Wildman–Crippen MR) is 106 cm³/mol. The summed E-state index contributed by atoms with van der Waals surface area (Å²) < 4.78 is 4.86. The first kappa shape index (κ1) is 21.1. The van der Waals surface area contributed by atoms with Gasteiger partial charge in [0.1, 0.15) is 18.5 Å². The Hall–Kier alpha value is -2.58. The summed E-state index contributed by atoms with van der Waals surface area (Å²) in [6.07, 6.45) is 2.82. The van der Waals surface area contributed by atoms with Crippen LogP contribution in [0.2, 0.25) is 0 Å². The van der Waals surface area contributed by atoms with Gasteiger partial charge in [-0.3, -0.25) is 9.59 Å². The van der Waals surface area contributed by atoms with Crippen LogP contribution in [0.3, 0.4) is 0 Å². The second kappa shape index (κ2) is 8.84. The fraction of sp³-hybridized carbons (Fsp3) is 0.700. The molecule has 4 amide bonds. The Morgan fingerprint density at radius 1 is 1.41 bits per heavy atom. The van der Waals surface area contributed by atoms with Gasteiger partial charge in [0.2, 0.25) is 11.8 Å². The molecule has 0 aliphatic carbocycles. The maximum absolute atomic E-state index is 13.3. The van der Waals surface area contributed by atoms with E-state index in [4.69, 9.17) is 4.52 Å². The quantitative estimate of drug-likeness (QED) is 0.769. The van der Waals surface area contributed by atoms with Gasteiger partial charge in [-0.25, -0.2) is 4.79 Å². The van der Waals surface area contributed by atoms with E-state index in [0.717, 1.165) is 6.42 Å². The van der Waals surface area contributed by atoms with Crippen LogP contribution in [0.4, 0.5) is 4.79 Å². The average Bonchev–Trinajstić information content (AvgIpc) is 3.29. The van der Waals surface area contributed by atoms with Crippen LogP contribution in [0, 0.1) is 11.8 Å². The third-order valence-electron chi connectivity index (χ3n) is 5.70. The molecular weight excluding hydrogens is 374 g/mol. The molecule has 3 rings (SSSR count). The largest absolute Gasteiger partial charge is 0.364 e. The normalized spacial score (nSPS) is 24.0. The number of nitrogens with zero attached hydrogens (tertiary/aromatic N) is 4. The van der Waals surface area contributed by atoms with Crippen molar-refractivity contribution in [3.05, 3.63) is 18.0 Å². The molecular formula is C20H31N5O4. The number of fused-ring (bicyclic) bond motifs is 1. The fourth-order valence-corrected chi connectivity index (χ4v) is 4.51. The lowest BCUT2D eigenvalue weighted by molar-refractivity contribution is -0.141. The molecule has 0 aromatic carbocycles. The lowest BCUT2D eigenvalue weighted by atomic mass is 9.91. The Morgan fingerprint density at radius 3 is 2.79 bits per heavy atom. The zero-order valence-corrected chi connectivity index (χ0v) is 17.6. The molecule has 0 radical (unpaired) electrons. The lowest BCUT2D eigenvalue weighted by Crippen LogP contribution is -2.59. The van der Waals surface area contributed by atoms with Crippen molar-refractivity contribution in [2.24, 2.45) is 11.8 Å². The van der Waals surface area contributed by atoms with Gasteiger partial charge in [0.05, 0.1) is 18.5 Å². The molecule has 1 N–H and O–H groups in total. The highest BCUT2D eigenvalue weighted by Crippen LogP contribution is 2.37. The van der Waals surface area contributed by atoms with Crippen molar-refractivity contribution >= 4 is 17.8 Å². The summed E-state index contributed by atoms with van der Waals surface area (Å²) in [5, 5.41) is 6.64. The van der Waals surface area contributed by atoms with Gasteiger partial charge in [-0.1, -0.05) is 19.0 Å². The predicted octanol–water partition coefficient (Wildman–Crippen LogP) is 1.31. The molecule has 29 heavy (non-hydrogen) atoms. The van der Waals surface area contributed by atoms with E-state index in [9.17, 15) is 14.4 Å². The Kier molecular flexibility index (Phi) is 6.44. The summed E-state index contributed by atoms with van der Waals surface area (Å²) in [4.78, 5) is 43.5. The van der Waals surface area contributed by atoms with Crippen molar-refractivity contribution in [3.63, 3.8) is 0 Å².